The lowest BCUT2D eigenvalue weighted by Crippen LogP contribution is -2.11. The van der Waals surface area contributed by atoms with Crippen molar-refractivity contribution in [3.63, 3.8) is 0 Å². The number of rotatable bonds is 3. The van der Waals surface area contributed by atoms with Crippen molar-refractivity contribution in [2.75, 3.05) is 11.9 Å². The summed E-state index contributed by atoms with van der Waals surface area (Å²) in [5.74, 6) is 0.408. The Balaban J connectivity index is 2.42. The quantitative estimate of drug-likeness (QED) is 0.702. The fourth-order valence-electron chi connectivity index (χ4n) is 1.90. The molecule has 1 nitrogen and oxygen atoms in total. The van der Waals surface area contributed by atoms with Crippen LogP contribution < -0.4 is 4.90 Å². The van der Waals surface area contributed by atoms with Gasteiger partial charge in [-0.1, -0.05) is 35.4 Å². The van der Waals surface area contributed by atoms with E-state index in [0.29, 0.717) is 10.9 Å². The summed E-state index contributed by atoms with van der Waals surface area (Å²) < 4.78 is 0. The van der Waals surface area contributed by atoms with Crippen LogP contribution in [0.3, 0.4) is 0 Å². The third-order valence-electron chi connectivity index (χ3n) is 3.01. The van der Waals surface area contributed by atoms with E-state index < -0.39 is 0 Å². The molecule has 18 heavy (non-hydrogen) atoms. The van der Waals surface area contributed by atoms with E-state index in [1.54, 1.807) is 0 Å². The summed E-state index contributed by atoms with van der Waals surface area (Å²) in [5.41, 5.74) is 4.37. The van der Waals surface area contributed by atoms with Crippen LogP contribution in [-0.4, -0.2) is 7.05 Å². The van der Waals surface area contributed by atoms with Crippen LogP contribution in [0.5, 0.6) is 0 Å². The maximum absolute atomic E-state index is 6.18. The molecule has 2 aromatic rings. The van der Waals surface area contributed by atoms with Gasteiger partial charge in [0.1, 0.15) is 0 Å². The monoisotopic (exact) mass is 279 g/mol. The molecule has 0 aliphatic heterocycles. The molecule has 0 spiro atoms. The van der Waals surface area contributed by atoms with Crippen molar-refractivity contribution < 1.29 is 0 Å². The van der Waals surface area contributed by atoms with Gasteiger partial charge >= 0.3 is 0 Å². The lowest BCUT2D eigenvalue weighted by molar-refractivity contribution is 1.17. The first-order chi connectivity index (χ1) is 8.63. The first-order valence-electron chi connectivity index (χ1n) is 5.77. The normalized spacial score (nSPS) is 10.4. The van der Waals surface area contributed by atoms with Gasteiger partial charge in [0.2, 0.25) is 0 Å². The van der Waals surface area contributed by atoms with Crippen LogP contribution in [0.2, 0.25) is 5.02 Å². The van der Waals surface area contributed by atoms with Crippen LogP contribution >= 0.6 is 23.2 Å². The van der Waals surface area contributed by atoms with E-state index in [0.717, 1.165) is 16.9 Å². The number of nitrogens with zero attached hydrogens (tertiary/aromatic N) is 1. The summed E-state index contributed by atoms with van der Waals surface area (Å²) in [7, 11) is 2.02. The van der Waals surface area contributed by atoms with Crippen molar-refractivity contribution in [1.29, 1.82) is 0 Å². The van der Waals surface area contributed by atoms with E-state index in [-0.39, 0.29) is 0 Å². The molecule has 0 amide bonds. The van der Waals surface area contributed by atoms with Gasteiger partial charge < -0.3 is 4.90 Å². The minimum absolute atomic E-state index is 0.408. The molecule has 0 saturated heterocycles. The van der Waals surface area contributed by atoms with Gasteiger partial charge in [-0.25, -0.2) is 0 Å². The number of hydrogen-bond acceptors (Lipinski definition) is 1. The number of hydrogen-bond donors (Lipinski definition) is 0. The Hall–Kier alpha value is -1.18. The van der Waals surface area contributed by atoms with Gasteiger partial charge in [-0.2, -0.15) is 0 Å². The first-order valence-corrected chi connectivity index (χ1v) is 6.68. The van der Waals surface area contributed by atoms with E-state index in [2.05, 4.69) is 36.1 Å². The fourth-order valence-corrected chi connectivity index (χ4v) is 2.49. The van der Waals surface area contributed by atoms with Crippen molar-refractivity contribution in [2.24, 2.45) is 0 Å². The number of aryl methyl sites for hydroxylation is 1. The van der Waals surface area contributed by atoms with Crippen molar-refractivity contribution in [3.05, 3.63) is 58.6 Å². The SMILES string of the molecule is Cc1ccc(N(C)c2cccc(Cl)c2CCl)cc1. The molecule has 94 valence electrons. The molecule has 0 atom stereocenters. The largest absolute Gasteiger partial charge is 0.344 e. The fraction of sp³-hybridized carbons (Fsp3) is 0.200. The Labute approximate surface area is 118 Å². The second-order valence-electron chi connectivity index (χ2n) is 4.27. The molecule has 0 bridgehead atoms. The zero-order valence-electron chi connectivity index (χ0n) is 10.5. The predicted octanol–water partition coefficient (Wildman–Crippen LogP) is 5.16. The number of benzene rings is 2. The van der Waals surface area contributed by atoms with Crippen LogP contribution in [0.4, 0.5) is 11.4 Å². The van der Waals surface area contributed by atoms with Gasteiger partial charge in [0, 0.05) is 29.0 Å². The average Bonchev–Trinajstić information content (AvgIpc) is 2.38. The van der Waals surface area contributed by atoms with E-state index in [1.807, 2.05) is 25.2 Å². The molecular weight excluding hydrogens is 265 g/mol. The number of halogens is 2. The molecule has 3 heteroatoms. The van der Waals surface area contributed by atoms with Crippen molar-refractivity contribution in [1.82, 2.24) is 0 Å². The van der Waals surface area contributed by atoms with Crippen LogP contribution in [-0.2, 0) is 5.88 Å². The zero-order chi connectivity index (χ0) is 13.1. The Kier molecular flexibility index (Phi) is 4.15. The van der Waals surface area contributed by atoms with Crippen LogP contribution in [0.25, 0.3) is 0 Å². The Morgan fingerprint density at radius 3 is 2.33 bits per heavy atom. The van der Waals surface area contributed by atoms with Gasteiger partial charge in [-0.05, 0) is 31.2 Å². The van der Waals surface area contributed by atoms with Gasteiger partial charge in [0.15, 0.2) is 0 Å². The van der Waals surface area contributed by atoms with Crippen molar-refractivity contribution in [3.8, 4) is 0 Å². The van der Waals surface area contributed by atoms with E-state index in [4.69, 9.17) is 23.2 Å². The average molecular weight is 280 g/mol. The maximum Gasteiger partial charge on any atom is 0.0509 e. The highest BCUT2D eigenvalue weighted by Gasteiger charge is 2.11. The van der Waals surface area contributed by atoms with Crippen LogP contribution in [0.1, 0.15) is 11.1 Å². The topological polar surface area (TPSA) is 3.24 Å². The molecule has 0 aliphatic carbocycles. The molecule has 0 heterocycles. The molecule has 0 aliphatic rings. The molecule has 0 N–H and O–H groups in total. The molecule has 2 rings (SSSR count). The zero-order valence-corrected chi connectivity index (χ0v) is 12.0. The smallest absolute Gasteiger partial charge is 0.0509 e. The maximum atomic E-state index is 6.18. The van der Waals surface area contributed by atoms with Gasteiger partial charge in [0.25, 0.3) is 0 Å². The van der Waals surface area contributed by atoms with Crippen molar-refractivity contribution in [2.45, 2.75) is 12.8 Å². The highest BCUT2D eigenvalue weighted by Crippen LogP contribution is 2.32. The third kappa shape index (κ3) is 2.63. The standard InChI is InChI=1S/C15H15Cl2N/c1-11-6-8-12(9-7-11)18(2)15-5-3-4-14(17)13(15)10-16/h3-9H,10H2,1-2H3. The summed E-state index contributed by atoms with van der Waals surface area (Å²) in [4.78, 5) is 2.10. The van der Waals surface area contributed by atoms with Crippen LogP contribution in [0, 0.1) is 6.92 Å². The molecule has 0 radical (unpaired) electrons. The van der Waals surface area contributed by atoms with E-state index in [9.17, 15) is 0 Å². The van der Waals surface area contributed by atoms with Crippen LogP contribution in [0.15, 0.2) is 42.5 Å². The molecule has 0 aromatic heterocycles. The lowest BCUT2D eigenvalue weighted by atomic mass is 10.1. The van der Waals surface area contributed by atoms with Gasteiger partial charge in [-0.15, -0.1) is 11.6 Å². The minimum atomic E-state index is 0.408. The molecule has 2 aromatic carbocycles. The predicted molar refractivity (Wildman–Crippen MR) is 80.3 cm³/mol. The van der Waals surface area contributed by atoms with Crippen molar-refractivity contribution >= 4 is 34.6 Å². The Bertz CT molecular complexity index is 535. The Morgan fingerprint density at radius 2 is 1.72 bits per heavy atom. The van der Waals surface area contributed by atoms with E-state index in [1.165, 1.54) is 5.56 Å². The molecule has 0 fully saturated rings. The summed E-state index contributed by atoms with van der Waals surface area (Å²) >= 11 is 12.2. The second kappa shape index (κ2) is 5.64. The molecule has 0 saturated carbocycles. The molecular formula is C15H15Cl2N. The first kappa shape index (κ1) is 13.3. The number of alkyl halides is 1. The highest BCUT2D eigenvalue weighted by atomic mass is 35.5. The summed E-state index contributed by atoms with van der Waals surface area (Å²) in [6.45, 7) is 2.08. The summed E-state index contributed by atoms with van der Waals surface area (Å²) in [6.07, 6.45) is 0. The number of anilines is 2. The highest BCUT2D eigenvalue weighted by molar-refractivity contribution is 6.32. The third-order valence-corrected chi connectivity index (χ3v) is 3.63. The van der Waals surface area contributed by atoms with E-state index >= 15 is 0 Å². The van der Waals surface area contributed by atoms with Gasteiger partial charge in [0.05, 0.1) is 5.88 Å². The summed E-state index contributed by atoms with van der Waals surface area (Å²) in [5, 5.41) is 0.710. The minimum Gasteiger partial charge on any atom is -0.344 e. The second-order valence-corrected chi connectivity index (χ2v) is 4.94. The van der Waals surface area contributed by atoms with Gasteiger partial charge in [-0.3, -0.25) is 0 Å². The summed E-state index contributed by atoms with van der Waals surface area (Å²) in [6, 6.07) is 14.2. The Morgan fingerprint density at radius 1 is 1.06 bits per heavy atom. The molecule has 0 unspecified atom stereocenters. The lowest BCUT2D eigenvalue weighted by Gasteiger charge is -2.22.